The van der Waals surface area contributed by atoms with Gasteiger partial charge < -0.3 is 9.72 Å². The summed E-state index contributed by atoms with van der Waals surface area (Å²) >= 11 is 1.52. The molecule has 3 aromatic rings. The lowest BCUT2D eigenvalue weighted by molar-refractivity contribution is -0.385. The highest BCUT2D eigenvalue weighted by Gasteiger charge is 2.20. The molecule has 1 aliphatic carbocycles. The van der Waals surface area contributed by atoms with Gasteiger partial charge >= 0.3 is 5.97 Å². The van der Waals surface area contributed by atoms with E-state index < -0.39 is 10.9 Å². The lowest BCUT2D eigenvalue weighted by Crippen LogP contribution is -2.15. The van der Waals surface area contributed by atoms with Crippen molar-refractivity contribution in [2.24, 2.45) is 0 Å². The molecule has 4 rings (SSSR count). The van der Waals surface area contributed by atoms with E-state index in [2.05, 4.69) is 9.97 Å². The predicted molar refractivity (Wildman–Crippen MR) is 104 cm³/mol. The van der Waals surface area contributed by atoms with Gasteiger partial charge in [0.25, 0.3) is 11.2 Å². The minimum atomic E-state index is -0.712. The molecule has 0 atom stereocenters. The number of fused-ring (bicyclic) bond motifs is 3. The van der Waals surface area contributed by atoms with E-state index >= 15 is 0 Å². The van der Waals surface area contributed by atoms with E-state index in [1.54, 1.807) is 6.92 Å². The zero-order valence-corrected chi connectivity index (χ0v) is 15.9. The minimum Gasteiger partial charge on any atom is -0.454 e. The molecule has 0 saturated carbocycles. The number of thiophene rings is 1. The van der Waals surface area contributed by atoms with Crippen LogP contribution in [0.25, 0.3) is 10.2 Å². The van der Waals surface area contributed by atoms with E-state index in [0.29, 0.717) is 15.8 Å². The van der Waals surface area contributed by atoms with Crippen LogP contribution >= 0.6 is 11.3 Å². The normalized spacial score (nSPS) is 13.3. The number of H-pyrrole nitrogens is 1. The second kappa shape index (κ2) is 7.16. The average molecular weight is 399 g/mol. The Morgan fingerprint density at radius 2 is 2.14 bits per heavy atom. The lowest BCUT2D eigenvalue weighted by atomic mass is 9.97. The average Bonchev–Trinajstić information content (AvgIpc) is 3.05. The number of nitrogens with one attached hydrogen (secondary N) is 1. The number of hydrogen-bond acceptors (Lipinski definition) is 7. The van der Waals surface area contributed by atoms with Gasteiger partial charge in [0, 0.05) is 16.5 Å². The van der Waals surface area contributed by atoms with Gasteiger partial charge in [-0.25, -0.2) is 9.78 Å². The third-order valence-electron chi connectivity index (χ3n) is 4.86. The number of esters is 1. The van der Waals surface area contributed by atoms with Gasteiger partial charge in [0.05, 0.1) is 15.9 Å². The standard InChI is InChI=1S/C19H17N3O5S/c1-10-6-7-11(8-13(10)22(25)26)19(24)27-9-15-20-17(23)16-12-4-2-3-5-14(12)28-18(16)21-15/h6-8H,2-5,9H2,1H3,(H,20,21,23). The molecule has 2 heterocycles. The van der Waals surface area contributed by atoms with Crippen LogP contribution in [0.2, 0.25) is 0 Å². The third-order valence-corrected chi connectivity index (χ3v) is 6.04. The molecule has 0 amide bonds. The number of nitro groups is 1. The summed E-state index contributed by atoms with van der Waals surface area (Å²) in [5.74, 6) is -0.456. The van der Waals surface area contributed by atoms with Gasteiger partial charge in [-0.2, -0.15) is 0 Å². The summed E-state index contributed by atoms with van der Waals surface area (Å²) in [5.41, 5.74) is 1.26. The minimum absolute atomic E-state index is 0.0762. The second-order valence-electron chi connectivity index (χ2n) is 6.74. The maximum atomic E-state index is 12.5. The molecule has 0 spiro atoms. The summed E-state index contributed by atoms with van der Waals surface area (Å²) in [4.78, 5) is 44.2. The molecule has 9 heteroatoms. The van der Waals surface area contributed by atoms with Crippen molar-refractivity contribution in [3.8, 4) is 0 Å². The van der Waals surface area contributed by atoms with Crippen LogP contribution in [0.3, 0.4) is 0 Å². The Labute approximate surface area is 163 Å². The molecular weight excluding hydrogens is 382 g/mol. The first-order valence-electron chi connectivity index (χ1n) is 8.89. The number of benzene rings is 1. The van der Waals surface area contributed by atoms with E-state index in [0.717, 1.165) is 31.2 Å². The zero-order chi connectivity index (χ0) is 19.8. The van der Waals surface area contributed by atoms with Crippen molar-refractivity contribution >= 4 is 33.2 Å². The van der Waals surface area contributed by atoms with Crippen molar-refractivity contribution in [3.63, 3.8) is 0 Å². The smallest absolute Gasteiger partial charge is 0.338 e. The Hall–Kier alpha value is -3.07. The van der Waals surface area contributed by atoms with Crippen molar-refractivity contribution in [1.82, 2.24) is 9.97 Å². The van der Waals surface area contributed by atoms with Gasteiger partial charge in [-0.1, -0.05) is 6.07 Å². The second-order valence-corrected chi connectivity index (χ2v) is 7.82. The molecule has 2 aromatic heterocycles. The van der Waals surface area contributed by atoms with Crippen molar-refractivity contribution in [1.29, 1.82) is 0 Å². The molecule has 1 aromatic carbocycles. The zero-order valence-electron chi connectivity index (χ0n) is 15.1. The lowest BCUT2D eigenvalue weighted by Gasteiger charge is -2.09. The summed E-state index contributed by atoms with van der Waals surface area (Å²) < 4.78 is 5.21. The highest BCUT2D eigenvalue weighted by Crippen LogP contribution is 2.33. The van der Waals surface area contributed by atoms with Crippen LogP contribution in [0.1, 0.15) is 45.0 Å². The highest BCUT2D eigenvalue weighted by molar-refractivity contribution is 7.18. The Balaban J connectivity index is 1.56. The molecule has 1 aliphatic rings. The van der Waals surface area contributed by atoms with E-state index in [4.69, 9.17) is 4.74 Å². The number of nitrogens with zero attached hydrogens (tertiary/aromatic N) is 2. The first-order valence-corrected chi connectivity index (χ1v) is 9.71. The molecule has 0 bridgehead atoms. The summed E-state index contributed by atoms with van der Waals surface area (Å²) in [7, 11) is 0. The van der Waals surface area contributed by atoms with Crippen molar-refractivity contribution < 1.29 is 14.5 Å². The van der Waals surface area contributed by atoms with Gasteiger partial charge in [-0.05, 0) is 44.2 Å². The first kappa shape index (κ1) is 18.3. The Bertz CT molecular complexity index is 1160. The fraction of sp³-hybridized carbons (Fsp3) is 0.316. The maximum Gasteiger partial charge on any atom is 0.338 e. The number of carbonyl (C=O) groups excluding carboxylic acids is 1. The van der Waals surface area contributed by atoms with E-state index in [1.807, 2.05) is 0 Å². The van der Waals surface area contributed by atoms with Crippen molar-refractivity contribution in [2.45, 2.75) is 39.2 Å². The fourth-order valence-electron chi connectivity index (χ4n) is 3.43. The third kappa shape index (κ3) is 3.29. The van der Waals surface area contributed by atoms with Crippen LogP contribution in [-0.2, 0) is 24.2 Å². The van der Waals surface area contributed by atoms with Crippen molar-refractivity contribution in [2.75, 3.05) is 0 Å². The predicted octanol–water partition coefficient (Wildman–Crippen LogP) is 3.44. The SMILES string of the molecule is Cc1ccc(C(=O)OCc2nc3sc4c(c3c(=O)[nH]2)CCCC4)cc1[N+](=O)[O-]. The van der Waals surface area contributed by atoms with Crippen molar-refractivity contribution in [3.05, 3.63) is 66.1 Å². The van der Waals surface area contributed by atoms with Crippen LogP contribution < -0.4 is 5.56 Å². The van der Waals surface area contributed by atoms with Gasteiger partial charge in [0.15, 0.2) is 0 Å². The maximum absolute atomic E-state index is 12.5. The van der Waals surface area contributed by atoms with Gasteiger partial charge in [0.2, 0.25) is 0 Å². The Kier molecular flexibility index (Phi) is 4.68. The van der Waals surface area contributed by atoms with Gasteiger partial charge in [-0.3, -0.25) is 14.9 Å². The van der Waals surface area contributed by atoms with Crippen LogP contribution in [0.15, 0.2) is 23.0 Å². The number of nitro benzene ring substituents is 1. The number of hydrogen-bond donors (Lipinski definition) is 1. The van der Waals surface area contributed by atoms with Crippen LogP contribution in [0, 0.1) is 17.0 Å². The molecule has 0 radical (unpaired) electrons. The van der Waals surface area contributed by atoms with Gasteiger partial charge in [0.1, 0.15) is 17.3 Å². The van der Waals surface area contributed by atoms with Crippen LogP contribution in [0.5, 0.6) is 0 Å². The van der Waals surface area contributed by atoms with Crippen LogP contribution in [-0.4, -0.2) is 20.9 Å². The summed E-state index contributed by atoms with van der Waals surface area (Å²) in [6, 6.07) is 4.15. The fourth-order valence-corrected chi connectivity index (χ4v) is 4.71. The first-order chi connectivity index (χ1) is 13.4. The van der Waals surface area contributed by atoms with E-state index in [-0.39, 0.29) is 29.2 Å². The monoisotopic (exact) mass is 399 g/mol. The Morgan fingerprint density at radius 1 is 1.36 bits per heavy atom. The number of ether oxygens (including phenoxy) is 1. The van der Waals surface area contributed by atoms with E-state index in [1.165, 1.54) is 34.4 Å². The molecule has 144 valence electrons. The summed E-state index contributed by atoms with van der Waals surface area (Å²) in [5, 5.41) is 11.7. The number of carbonyl (C=O) groups is 1. The highest BCUT2D eigenvalue weighted by atomic mass is 32.1. The number of rotatable bonds is 4. The van der Waals surface area contributed by atoms with Gasteiger partial charge in [-0.15, -0.1) is 11.3 Å². The van der Waals surface area contributed by atoms with Crippen LogP contribution in [0.4, 0.5) is 5.69 Å². The molecule has 1 N–H and O–H groups in total. The number of aryl methyl sites for hydroxylation is 3. The summed E-state index contributed by atoms with van der Waals surface area (Å²) in [6.07, 6.45) is 4.04. The molecular formula is C19H17N3O5S. The number of aromatic nitrogens is 2. The van der Waals surface area contributed by atoms with E-state index in [9.17, 15) is 19.7 Å². The molecule has 8 nitrogen and oxygen atoms in total. The largest absolute Gasteiger partial charge is 0.454 e. The quantitative estimate of drug-likeness (QED) is 0.408. The topological polar surface area (TPSA) is 115 Å². The molecule has 0 aliphatic heterocycles. The summed E-state index contributed by atoms with van der Waals surface area (Å²) in [6.45, 7) is 1.38. The molecule has 0 fully saturated rings. The molecule has 0 saturated heterocycles. The Morgan fingerprint density at radius 3 is 2.93 bits per heavy atom. The molecule has 0 unspecified atom stereocenters. The number of aromatic amines is 1. The molecule has 28 heavy (non-hydrogen) atoms.